The van der Waals surface area contributed by atoms with Crippen LogP contribution in [0.3, 0.4) is 0 Å². The van der Waals surface area contributed by atoms with E-state index < -0.39 is 0 Å². The third-order valence-corrected chi connectivity index (χ3v) is 4.74. The molecule has 2 aliphatic rings. The van der Waals surface area contributed by atoms with Crippen LogP contribution in [0.25, 0.3) is 0 Å². The summed E-state index contributed by atoms with van der Waals surface area (Å²) in [7, 11) is 0. The summed E-state index contributed by atoms with van der Waals surface area (Å²) in [5.74, 6) is 0.693. The predicted octanol–water partition coefficient (Wildman–Crippen LogP) is 2.34. The number of piperidine rings is 1. The van der Waals surface area contributed by atoms with Crippen LogP contribution in [0.15, 0.2) is 4.42 Å². The van der Waals surface area contributed by atoms with Gasteiger partial charge in [0.05, 0.1) is 6.54 Å². The maximum atomic E-state index is 5.72. The molecule has 1 aromatic heterocycles. The van der Waals surface area contributed by atoms with Crippen molar-refractivity contribution in [3.8, 4) is 0 Å². The maximum absolute atomic E-state index is 5.72. The third kappa shape index (κ3) is 2.76. The Morgan fingerprint density at radius 1 is 1.16 bits per heavy atom. The van der Waals surface area contributed by atoms with Gasteiger partial charge in [-0.2, -0.15) is 0 Å². The zero-order valence-electron chi connectivity index (χ0n) is 11.8. The van der Waals surface area contributed by atoms with Gasteiger partial charge in [0.1, 0.15) is 0 Å². The standard InChI is InChI=1S/C14H24N4O/c1-2-15-11-12-16-17-13(19-12)18-9-7-14(8-10-18)5-3-4-6-14/h15H,2-11H2,1H3. The normalized spacial score (nSPS) is 22.3. The Balaban J connectivity index is 1.57. The first-order valence-electron chi connectivity index (χ1n) is 7.59. The molecule has 2 heterocycles. The number of aromatic nitrogens is 2. The van der Waals surface area contributed by atoms with Gasteiger partial charge in [0.2, 0.25) is 5.89 Å². The van der Waals surface area contributed by atoms with Crippen molar-refractivity contribution in [3.05, 3.63) is 5.89 Å². The minimum absolute atomic E-state index is 0.642. The fourth-order valence-electron chi connectivity index (χ4n) is 3.47. The molecule has 19 heavy (non-hydrogen) atoms. The van der Waals surface area contributed by atoms with Crippen molar-refractivity contribution in [2.45, 2.75) is 52.0 Å². The van der Waals surface area contributed by atoms with Gasteiger partial charge < -0.3 is 14.6 Å². The topological polar surface area (TPSA) is 54.2 Å². The molecule has 1 spiro atoms. The van der Waals surface area contributed by atoms with Gasteiger partial charge >= 0.3 is 6.01 Å². The lowest BCUT2D eigenvalue weighted by molar-refractivity contribution is 0.222. The first kappa shape index (κ1) is 12.9. The van der Waals surface area contributed by atoms with E-state index in [9.17, 15) is 0 Å². The summed E-state index contributed by atoms with van der Waals surface area (Å²) in [6.07, 6.45) is 8.28. The first-order chi connectivity index (χ1) is 9.31. The Bertz CT molecular complexity index is 401. The van der Waals surface area contributed by atoms with Crippen LogP contribution < -0.4 is 10.2 Å². The highest BCUT2D eigenvalue weighted by atomic mass is 16.4. The van der Waals surface area contributed by atoms with Crippen LogP contribution in [-0.2, 0) is 6.54 Å². The van der Waals surface area contributed by atoms with Crippen LogP contribution >= 0.6 is 0 Å². The molecule has 3 rings (SSSR count). The number of nitrogens with zero attached hydrogens (tertiary/aromatic N) is 3. The van der Waals surface area contributed by atoms with Crippen LogP contribution in [0, 0.1) is 5.41 Å². The molecule has 1 saturated heterocycles. The molecule has 2 fully saturated rings. The van der Waals surface area contributed by atoms with E-state index in [1.165, 1.54) is 38.5 Å². The highest BCUT2D eigenvalue weighted by Crippen LogP contribution is 2.46. The molecule has 0 radical (unpaired) electrons. The first-order valence-corrected chi connectivity index (χ1v) is 7.59. The average molecular weight is 264 g/mol. The summed E-state index contributed by atoms with van der Waals surface area (Å²) >= 11 is 0. The van der Waals surface area contributed by atoms with Crippen LogP contribution in [0.5, 0.6) is 0 Å². The quantitative estimate of drug-likeness (QED) is 0.904. The minimum Gasteiger partial charge on any atom is -0.407 e. The summed E-state index contributed by atoms with van der Waals surface area (Å²) in [5.41, 5.74) is 0.642. The van der Waals surface area contributed by atoms with E-state index in [2.05, 4.69) is 27.3 Å². The van der Waals surface area contributed by atoms with E-state index in [0.29, 0.717) is 23.9 Å². The Labute approximate surface area is 114 Å². The summed E-state index contributed by atoms with van der Waals surface area (Å²) in [6.45, 7) is 5.81. The summed E-state index contributed by atoms with van der Waals surface area (Å²) in [5, 5.41) is 11.5. The van der Waals surface area contributed by atoms with Gasteiger partial charge in [-0.3, -0.25) is 0 Å². The van der Waals surface area contributed by atoms with Crippen LogP contribution in [0.2, 0.25) is 0 Å². The van der Waals surface area contributed by atoms with Crippen molar-refractivity contribution < 1.29 is 4.42 Å². The van der Waals surface area contributed by atoms with E-state index in [1.54, 1.807) is 0 Å². The molecular weight excluding hydrogens is 240 g/mol. The molecule has 1 aliphatic carbocycles. The van der Waals surface area contributed by atoms with Crippen molar-refractivity contribution >= 4 is 6.01 Å². The fraction of sp³-hybridized carbons (Fsp3) is 0.857. The van der Waals surface area contributed by atoms with E-state index in [4.69, 9.17) is 4.42 Å². The average Bonchev–Trinajstić information content (AvgIpc) is 3.08. The molecule has 1 saturated carbocycles. The van der Waals surface area contributed by atoms with Crippen LogP contribution in [-0.4, -0.2) is 29.8 Å². The molecule has 5 nitrogen and oxygen atoms in total. The van der Waals surface area contributed by atoms with Crippen LogP contribution in [0.1, 0.15) is 51.3 Å². The van der Waals surface area contributed by atoms with Crippen molar-refractivity contribution in [2.75, 3.05) is 24.5 Å². The van der Waals surface area contributed by atoms with Gasteiger partial charge in [-0.25, -0.2) is 0 Å². The smallest absolute Gasteiger partial charge is 0.318 e. The Morgan fingerprint density at radius 2 is 1.89 bits per heavy atom. The van der Waals surface area contributed by atoms with Gasteiger partial charge in [0, 0.05) is 13.1 Å². The third-order valence-electron chi connectivity index (χ3n) is 4.74. The van der Waals surface area contributed by atoms with Crippen LogP contribution in [0.4, 0.5) is 6.01 Å². The van der Waals surface area contributed by atoms with E-state index in [-0.39, 0.29) is 0 Å². The van der Waals surface area contributed by atoms with Gasteiger partial charge in [-0.15, -0.1) is 5.10 Å². The second-order valence-electron chi connectivity index (χ2n) is 5.95. The molecule has 0 amide bonds. The van der Waals surface area contributed by atoms with Gasteiger partial charge in [0.25, 0.3) is 0 Å². The molecular formula is C14H24N4O. The Morgan fingerprint density at radius 3 is 2.58 bits per heavy atom. The molecule has 5 heteroatoms. The maximum Gasteiger partial charge on any atom is 0.318 e. The molecule has 106 valence electrons. The van der Waals surface area contributed by atoms with Crippen molar-refractivity contribution in [3.63, 3.8) is 0 Å². The van der Waals surface area contributed by atoms with E-state index in [0.717, 1.165) is 19.6 Å². The fourth-order valence-corrected chi connectivity index (χ4v) is 3.47. The molecule has 0 bridgehead atoms. The number of rotatable bonds is 4. The van der Waals surface area contributed by atoms with Gasteiger partial charge in [-0.1, -0.05) is 24.9 Å². The molecule has 0 aromatic carbocycles. The van der Waals surface area contributed by atoms with Gasteiger partial charge in [-0.05, 0) is 37.6 Å². The lowest BCUT2D eigenvalue weighted by atomic mass is 9.77. The highest BCUT2D eigenvalue weighted by Gasteiger charge is 2.37. The summed E-state index contributed by atoms with van der Waals surface area (Å²) in [4.78, 5) is 2.26. The van der Waals surface area contributed by atoms with Crippen molar-refractivity contribution in [1.82, 2.24) is 15.5 Å². The molecule has 1 N–H and O–H groups in total. The Hall–Kier alpha value is -1.10. The zero-order chi connectivity index (χ0) is 13.1. The summed E-state index contributed by atoms with van der Waals surface area (Å²) < 4.78 is 5.72. The minimum atomic E-state index is 0.642. The monoisotopic (exact) mass is 264 g/mol. The number of hydrogen-bond donors (Lipinski definition) is 1. The lowest BCUT2D eigenvalue weighted by Crippen LogP contribution is -2.39. The zero-order valence-corrected chi connectivity index (χ0v) is 11.8. The molecule has 1 aliphatic heterocycles. The SMILES string of the molecule is CCNCc1nnc(N2CCC3(CCCC3)CC2)o1. The predicted molar refractivity (Wildman–Crippen MR) is 74.0 cm³/mol. The number of nitrogens with one attached hydrogen (secondary N) is 1. The summed E-state index contributed by atoms with van der Waals surface area (Å²) in [6, 6.07) is 0.709. The highest BCUT2D eigenvalue weighted by molar-refractivity contribution is 5.25. The molecule has 0 unspecified atom stereocenters. The van der Waals surface area contributed by atoms with Gasteiger partial charge in [0.15, 0.2) is 0 Å². The second kappa shape index (κ2) is 5.49. The molecule has 0 atom stereocenters. The Kier molecular flexibility index (Phi) is 3.73. The van der Waals surface area contributed by atoms with Crippen molar-refractivity contribution in [1.29, 1.82) is 0 Å². The largest absolute Gasteiger partial charge is 0.407 e. The number of anilines is 1. The second-order valence-corrected chi connectivity index (χ2v) is 5.95. The van der Waals surface area contributed by atoms with E-state index >= 15 is 0 Å². The van der Waals surface area contributed by atoms with Crippen molar-refractivity contribution in [2.24, 2.45) is 5.41 Å². The lowest BCUT2D eigenvalue weighted by Gasteiger charge is -2.38. The molecule has 1 aromatic rings. The van der Waals surface area contributed by atoms with E-state index in [1.807, 2.05) is 0 Å². The number of hydrogen-bond acceptors (Lipinski definition) is 5.